The highest BCUT2D eigenvalue weighted by molar-refractivity contribution is 6.04. The van der Waals surface area contributed by atoms with Crippen LogP contribution in [0.4, 0.5) is 0 Å². The van der Waals surface area contributed by atoms with Gasteiger partial charge < -0.3 is 4.74 Å². The van der Waals surface area contributed by atoms with E-state index in [9.17, 15) is 4.79 Å². The first-order valence-electron chi connectivity index (χ1n) is 11.6. The van der Waals surface area contributed by atoms with Gasteiger partial charge >= 0.3 is 0 Å². The average molecular weight is 447 g/mol. The Labute approximate surface area is 199 Å². The van der Waals surface area contributed by atoms with E-state index < -0.39 is 0 Å². The van der Waals surface area contributed by atoms with Crippen molar-refractivity contribution in [3.63, 3.8) is 0 Å². The Kier molecular flexibility index (Phi) is 6.48. The molecule has 0 fully saturated rings. The lowest BCUT2D eigenvalue weighted by Crippen LogP contribution is -2.22. The van der Waals surface area contributed by atoms with E-state index in [1.807, 2.05) is 72.8 Å². The van der Waals surface area contributed by atoms with Crippen molar-refractivity contribution in [3.8, 4) is 16.9 Å². The van der Waals surface area contributed by atoms with Crippen molar-refractivity contribution < 1.29 is 9.53 Å². The van der Waals surface area contributed by atoms with Crippen LogP contribution >= 0.6 is 0 Å². The number of carbonyl (C=O) groups is 1. The topological polar surface area (TPSA) is 50.7 Å². The van der Waals surface area contributed by atoms with Crippen molar-refractivity contribution in [1.29, 1.82) is 0 Å². The van der Waals surface area contributed by atoms with Gasteiger partial charge in [0.15, 0.2) is 0 Å². The van der Waals surface area contributed by atoms with Crippen LogP contribution in [-0.2, 0) is 13.0 Å². The van der Waals surface area contributed by atoms with Crippen LogP contribution in [-0.4, -0.2) is 11.6 Å². The Bertz CT molecular complexity index is 1310. The second-order valence-electron chi connectivity index (χ2n) is 8.36. The van der Waals surface area contributed by atoms with Crippen LogP contribution in [0.15, 0.2) is 108 Å². The molecule has 1 N–H and O–H groups in total. The minimum atomic E-state index is -0.211. The molecular formula is C30H26N2O2. The van der Waals surface area contributed by atoms with Gasteiger partial charge in [-0.25, -0.2) is 5.43 Å². The number of nitrogens with zero attached hydrogens (tertiary/aromatic N) is 1. The Morgan fingerprint density at radius 1 is 0.765 bits per heavy atom. The van der Waals surface area contributed by atoms with Gasteiger partial charge in [0.2, 0.25) is 0 Å². The van der Waals surface area contributed by atoms with E-state index >= 15 is 0 Å². The molecule has 1 amide bonds. The summed E-state index contributed by atoms with van der Waals surface area (Å²) in [6.45, 7) is 0.421. The maximum atomic E-state index is 12.6. The molecule has 0 radical (unpaired) electrons. The summed E-state index contributed by atoms with van der Waals surface area (Å²) in [5.41, 5.74) is 9.84. The molecular weight excluding hydrogens is 420 g/mol. The predicted octanol–water partition coefficient (Wildman–Crippen LogP) is 6.40. The number of rotatable bonds is 6. The van der Waals surface area contributed by atoms with Crippen LogP contribution in [0.1, 0.15) is 39.9 Å². The highest BCUT2D eigenvalue weighted by Gasteiger charge is 2.15. The Morgan fingerprint density at radius 3 is 2.29 bits per heavy atom. The molecule has 1 aliphatic carbocycles. The smallest absolute Gasteiger partial charge is 0.271 e. The van der Waals surface area contributed by atoms with Crippen molar-refractivity contribution in [2.75, 3.05) is 0 Å². The molecule has 0 saturated carbocycles. The number of hydrogen-bond acceptors (Lipinski definition) is 3. The molecule has 5 rings (SSSR count). The van der Waals surface area contributed by atoms with Gasteiger partial charge in [-0.05, 0) is 54.2 Å². The van der Waals surface area contributed by atoms with Crippen LogP contribution in [0.5, 0.6) is 5.75 Å². The third-order valence-corrected chi connectivity index (χ3v) is 6.06. The molecule has 4 aromatic rings. The number of amides is 1. The largest absolute Gasteiger partial charge is 0.488 e. The number of hydrazone groups is 1. The molecule has 1 aliphatic rings. The van der Waals surface area contributed by atoms with Gasteiger partial charge in [0.1, 0.15) is 12.4 Å². The molecule has 0 unspecified atom stereocenters. The minimum absolute atomic E-state index is 0.211. The van der Waals surface area contributed by atoms with Gasteiger partial charge in [-0.3, -0.25) is 4.79 Å². The number of aryl methyl sites for hydroxylation is 1. The van der Waals surface area contributed by atoms with Gasteiger partial charge in [-0.15, -0.1) is 0 Å². The lowest BCUT2D eigenvalue weighted by Gasteiger charge is -2.17. The van der Waals surface area contributed by atoms with Crippen molar-refractivity contribution in [1.82, 2.24) is 5.43 Å². The Morgan fingerprint density at radius 2 is 1.47 bits per heavy atom. The molecule has 0 spiro atoms. The van der Waals surface area contributed by atoms with E-state index in [2.05, 4.69) is 40.9 Å². The molecule has 0 atom stereocenters. The first-order valence-corrected chi connectivity index (χ1v) is 11.6. The summed E-state index contributed by atoms with van der Waals surface area (Å²) in [5.74, 6) is 0.622. The lowest BCUT2D eigenvalue weighted by molar-refractivity contribution is 0.0954. The van der Waals surface area contributed by atoms with Gasteiger partial charge in [-0.2, -0.15) is 5.10 Å². The monoisotopic (exact) mass is 446 g/mol. The fraction of sp³-hybridized carbons (Fsp3) is 0.133. The Hall–Kier alpha value is -4.18. The van der Waals surface area contributed by atoms with E-state index in [1.165, 1.54) is 5.56 Å². The SMILES string of the molecule is O=C(N/N=C1\CCCc2ccccc21)c1ccc(COc2ccccc2-c2ccccc2)cc1. The van der Waals surface area contributed by atoms with E-state index in [0.29, 0.717) is 12.2 Å². The first kappa shape index (κ1) is 21.7. The maximum Gasteiger partial charge on any atom is 0.271 e. The van der Waals surface area contributed by atoms with Crippen molar-refractivity contribution in [2.45, 2.75) is 25.9 Å². The maximum absolute atomic E-state index is 12.6. The van der Waals surface area contributed by atoms with Crippen molar-refractivity contribution in [3.05, 3.63) is 125 Å². The lowest BCUT2D eigenvalue weighted by atomic mass is 9.90. The number of hydrogen-bond donors (Lipinski definition) is 1. The second kappa shape index (κ2) is 10.2. The van der Waals surface area contributed by atoms with Crippen LogP contribution in [0.2, 0.25) is 0 Å². The zero-order chi connectivity index (χ0) is 23.2. The predicted molar refractivity (Wildman–Crippen MR) is 136 cm³/mol. The highest BCUT2D eigenvalue weighted by Crippen LogP contribution is 2.30. The molecule has 0 saturated heterocycles. The number of carbonyl (C=O) groups excluding carboxylic acids is 1. The Balaban J connectivity index is 1.23. The molecule has 4 heteroatoms. The summed E-state index contributed by atoms with van der Waals surface area (Å²) in [5, 5.41) is 4.43. The summed E-state index contributed by atoms with van der Waals surface area (Å²) in [4.78, 5) is 12.6. The number of ether oxygens (including phenoxy) is 1. The van der Waals surface area contributed by atoms with Gasteiger partial charge in [0.25, 0.3) is 5.91 Å². The molecule has 0 bridgehead atoms. The summed E-state index contributed by atoms with van der Waals surface area (Å²) < 4.78 is 6.12. The van der Waals surface area contributed by atoms with E-state index in [4.69, 9.17) is 4.74 Å². The molecule has 0 heterocycles. The molecule has 4 nitrogen and oxygen atoms in total. The van der Waals surface area contributed by atoms with Crippen LogP contribution in [0, 0.1) is 0 Å². The highest BCUT2D eigenvalue weighted by atomic mass is 16.5. The van der Waals surface area contributed by atoms with Crippen molar-refractivity contribution in [2.24, 2.45) is 5.10 Å². The molecule has 0 aliphatic heterocycles. The number of nitrogens with one attached hydrogen (secondary N) is 1. The van der Waals surface area contributed by atoms with Crippen LogP contribution in [0.3, 0.4) is 0 Å². The standard InChI is InChI=1S/C30H26N2O2/c33-30(32-31-28-15-8-12-23-11-4-5-13-26(23)28)25-19-17-22(18-20-25)21-34-29-16-7-6-14-27(29)24-9-2-1-3-10-24/h1-7,9-11,13-14,16-20H,8,12,15,21H2,(H,32,33)/b31-28+. The molecule has 34 heavy (non-hydrogen) atoms. The van der Waals surface area contributed by atoms with E-state index in [0.717, 1.165) is 53.0 Å². The van der Waals surface area contributed by atoms with Crippen LogP contribution in [0.25, 0.3) is 11.1 Å². The zero-order valence-electron chi connectivity index (χ0n) is 18.9. The molecule has 4 aromatic carbocycles. The van der Waals surface area contributed by atoms with Gasteiger partial charge in [0.05, 0.1) is 5.71 Å². The van der Waals surface area contributed by atoms with Gasteiger partial charge in [-0.1, -0.05) is 84.9 Å². The van der Waals surface area contributed by atoms with E-state index in [-0.39, 0.29) is 5.91 Å². The van der Waals surface area contributed by atoms with Crippen LogP contribution < -0.4 is 10.2 Å². The summed E-state index contributed by atoms with van der Waals surface area (Å²) >= 11 is 0. The number of fused-ring (bicyclic) bond motifs is 1. The normalized spacial score (nSPS) is 13.8. The quantitative estimate of drug-likeness (QED) is 0.348. The fourth-order valence-corrected chi connectivity index (χ4v) is 4.26. The summed E-state index contributed by atoms with van der Waals surface area (Å²) in [6.07, 6.45) is 2.98. The molecule has 0 aromatic heterocycles. The second-order valence-corrected chi connectivity index (χ2v) is 8.36. The minimum Gasteiger partial charge on any atom is -0.488 e. The van der Waals surface area contributed by atoms with Gasteiger partial charge in [0, 0.05) is 16.7 Å². The number of benzene rings is 4. The average Bonchev–Trinajstić information content (AvgIpc) is 2.91. The summed E-state index contributed by atoms with van der Waals surface area (Å²) in [6, 6.07) is 33.9. The first-order chi connectivity index (χ1) is 16.8. The number of para-hydroxylation sites is 1. The van der Waals surface area contributed by atoms with E-state index in [1.54, 1.807) is 0 Å². The fourth-order valence-electron chi connectivity index (χ4n) is 4.26. The van der Waals surface area contributed by atoms with Crippen molar-refractivity contribution >= 4 is 11.6 Å². The third kappa shape index (κ3) is 4.91. The molecule has 168 valence electrons. The summed E-state index contributed by atoms with van der Waals surface area (Å²) in [7, 11) is 0. The zero-order valence-corrected chi connectivity index (χ0v) is 18.9. The third-order valence-electron chi connectivity index (χ3n) is 6.06.